The summed E-state index contributed by atoms with van der Waals surface area (Å²) >= 11 is 1.69. The summed E-state index contributed by atoms with van der Waals surface area (Å²) in [5, 5.41) is 6.53. The number of amides is 1. The maximum atomic E-state index is 13.0. The van der Waals surface area contributed by atoms with Gasteiger partial charge in [-0.1, -0.05) is 27.2 Å². The number of rotatable bonds is 7. The molecule has 5 heteroatoms. The van der Waals surface area contributed by atoms with Gasteiger partial charge in [-0.25, -0.2) is 0 Å². The van der Waals surface area contributed by atoms with Gasteiger partial charge in [0.2, 0.25) is 5.91 Å². The predicted molar refractivity (Wildman–Crippen MR) is 109 cm³/mol. The Labute approximate surface area is 156 Å². The summed E-state index contributed by atoms with van der Waals surface area (Å²) in [6, 6.07) is 6.13. The molecule has 0 saturated heterocycles. The van der Waals surface area contributed by atoms with Crippen LogP contribution in [0.4, 0.5) is 11.4 Å². The van der Waals surface area contributed by atoms with Crippen molar-refractivity contribution in [2.24, 2.45) is 29.4 Å². The van der Waals surface area contributed by atoms with Crippen LogP contribution in [-0.4, -0.2) is 25.3 Å². The SMILES string of the molecule is CSc1ccc(NC(=O)C2CC(C)CCC2C(C)C)c(NCCN)c1. The molecule has 140 valence electrons. The molecule has 1 amide bonds. The lowest BCUT2D eigenvalue weighted by Gasteiger charge is -2.36. The van der Waals surface area contributed by atoms with Crippen molar-refractivity contribution in [3.63, 3.8) is 0 Å². The Balaban J connectivity index is 2.17. The molecule has 0 aliphatic heterocycles. The first-order valence-electron chi connectivity index (χ1n) is 9.39. The van der Waals surface area contributed by atoms with Crippen LogP contribution in [0.15, 0.2) is 23.1 Å². The molecule has 3 unspecified atom stereocenters. The van der Waals surface area contributed by atoms with Gasteiger partial charge in [0, 0.05) is 23.9 Å². The third kappa shape index (κ3) is 5.38. The van der Waals surface area contributed by atoms with Crippen molar-refractivity contribution in [2.75, 3.05) is 30.0 Å². The van der Waals surface area contributed by atoms with Gasteiger partial charge in [0.25, 0.3) is 0 Å². The maximum absolute atomic E-state index is 13.0. The fraction of sp³-hybridized carbons (Fsp3) is 0.650. The van der Waals surface area contributed by atoms with Crippen LogP contribution in [0.3, 0.4) is 0 Å². The van der Waals surface area contributed by atoms with E-state index >= 15 is 0 Å². The van der Waals surface area contributed by atoms with Gasteiger partial charge in [0.15, 0.2) is 0 Å². The van der Waals surface area contributed by atoms with Gasteiger partial charge in [0.05, 0.1) is 11.4 Å². The molecule has 1 saturated carbocycles. The summed E-state index contributed by atoms with van der Waals surface area (Å²) in [4.78, 5) is 14.2. The third-order valence-corrected chi connectivity index (χ3v) is 6.03. The van der Waals surface area contributed by atoms with Gasteiger partial charge >= 0.3 is 0 Å². The van der Waals surface area contributed by atoms with Crippen molar-refractivity contribution in [3.05, 3.63) is 18.2 Å². The van der Waals surface area contributed by atoms with E-state index in [9.17, 15) is 4.79 Å². The monoisotopic (exact) mass is 363 g/mol. The number of nitrogens with two attached hydrogens (primary N) is 1. The molecule has 1 aliphatic carbocycles. The molecule has 0 aromatic heterocycles. The molecule has 4 N–H and O–H groups in total. The number of nitrogens with one attached hydrogen (secondary N) is 2. The van der Waals surface area contributed by atoms with Crippen LogP contribution in [0.1, 0.15) is 40.0 Å². The van der Waals surface area contributed by atoms with Crippen LogP contribution in [0.2, 0.25) is 0 Å². The number of carbonyl (C=O) groups is 1. The Bertz CT molecular complexity index is 576. The minimum atomic E-state index is 0.103. The van der Waals surface area contributed by atoms with Gasteiger partial charge in [-0.3, -0.25) is 4.79 Å². The smallest absolute Gasteiger partial charge is 0.227 e. The number of carbonyl (C=O) groups excluding carboxylic acids is 1. The van der Waals surface area contributed by atoms with E-state index in [4.69, 9.17) is 5.73 Å². The minimum absolute atomic E-state index is 0.103. The van der Waals surface area contributed by atoms with Gasteiger partial charge in [-0.15, -0.1) is 11.8 Å². The first kappa shape index (κ1) is 20.1. The molecular formula is C20H33N3OS. The predicted octanol–water partition coefficient (Wildman–Crippen LogP) is 4.43. The maximum Gasteiger partial charge on any atom is 0.227 e. The summed E-state index contributed by atoms with van der Waals surface area (Å²) in [6.45, 7) is 7.99. The van der Waals surface area contributed by atoms with E-state index in [0.717, 1.165) is 24.2 Å². The number of hydrogen-bond donors (Lipinski definition) is 3. The van der Waals surface area contributed by atoms with Crippen molar-refractivity contribution in [3.8, 4) is 0 Å². The van der Waals surface area contributed by atoms with Crippen molar-refractivity contribution in [2.45, 2.75) is 44.9 Å². The van der Waals surface area contributed by atoms with E-state index < -0.39 is 0 Å². The highest BCUT2D eigenvalue weighted by Gasteiger charge is 2.35. The first-order chi connectivity index (χ1) is 12.0. The van der Waals surface area contributed by atoms with E-state index in [1.54, 1.807) is 11.8 Å². The van der Waals surface area contributed by atoms with Gasteiger partial charge in [-0.2, -0.15) is 0 Å². The molecule has 2 rings (SSSR count). The fourth-order valence-corrected chi connectivity index (χ4v) is 4.28. The summed E-state index contributed by atoms with van der Waals surface area (Å²) in [7, 11) is 0. The Kier molecular flexibility index (Phi) is 7.63. The van der Waals surface area contributed by atoms with Gasteiger partial charge in [-0.05, 0) is 55.1 Å². The zero-order valence-corrected chi connectivity index (χ0v) is 16.8. The van der Waals surface area contributed by atoms with Crippen LogP contribution in [-0.2, 0) is 4.79 Å². The molecule has 3 atom stereocenters. The molecule has 1 aliphatic rings. The summed E-state index contributed by atoms with van der Waals surface area (Å²) < 4.78 is 0. The highest BCUT2D eigenvalue weighted by Crippen LogP contribution is 2.39. The number of hydrogen-bond acceptors (Lipinski definition) is 4. The number of thioether (sulfide) groups is 1. The van der Waals surface area contributed by atoms with Crippen LogP contribution in [0.5, 0.6) is 0 Å². The second-order valence-corrected chi connectivity index (χ2v) is 8.43. The molecule has 1 aromatic rings. The Morgan fingerprint density at radius 1 is 1.32 bits per heavy atom. The summed E-state index contributed by atoms with van der Waals surface area (Å²) in [5.41, 5.74) is 7.44. The molecule has 4 nitrogen and oxygen atoms in total. The van der Waals surface area contributed by atoms with Crippen molar-refractivity contribution in [1.29, 1.82) is 0 Å². The molecule has 0 bridgehead atoms. The lowest BCUT2D eigenvalue weighted by Crippen LogP contribution is -2.36. The average molecular weight is 364 g/mol. The van der Waals surface area contributed by atoms with Crippen LogP contribution in [0.25, 0.3) is 0 Å². The normalized spacial score (nSPS) is 23.5. The highest BCUT2D eigenvalue weighted by atomic mass is 32.2. The molecule has 1 aromatic carbocycles. The lowest BCUT2D eigenvalue weighted by atomic mass is 9.70. The standard InChI is InChI=1S/C20H33N3OS/c1-13(2)16-7-5-14(3)11-17(16)20(24)23-18-8-6-15(25-4)12-19(18)22-10-9-21/h6,8,12-14,16-17,22H,5,7,9-11,21H2,1-4H3,(H,23,24). The van der Waals surface area contributed by atoms with Crippen molar-refractivity contribution >= 4 is 29.0 Å². The van der Waals surface area contributed by atoms with Crippen molar-refractivity contribution < 1.29 is 4.79 Å². The second-order valence-electron chi connectivity index (χ2n) is 7.55. The number of benzene rings is 1. The molecule has 0 radical (unpaired) electrons. The molecule has 0 spiro atoms. The Hall–Kier alpha value is -1.20. The third-order valence-electron chi connectivity index (χ3n) is 5.30. The zero-order valence-electron chi connectivity index (χ0n) is 16.0. The Morgan fingerprint density at radius 2 is 2.08 bits per heavy atom. The summed E-state index contributed by atoms with van der Waals surface area (Å²) in [5.74, 6) is 1.91. The van der Waals surface area contributed by atoms with Gasteiger partial charge < -0.3 is 16.4 Å². The molecule has 25 heavy (non-hydrogen) atoms. The van der Waals surface area contributed by atoms with Gasteiger partial charge in [0.1, 0.15) is 0 Å². The van der Waals surface area contributed by atoms with E-state index in [1.165, 1.54) is 11.3 Å². The van der Waals surface area contributed by atoms with E-state index in [1.807, 2.05) is 6.07 Å². The average Bonchev–Trinajstić information content (AvgIpc) is 2.60. The van der Waals surface area contributed by atoms with E-state index in [2.05, 4.69) is 49.8 Å². The molecule has 1 fully saturated rings. The first-order valence-corrected chi connectivity index (χ1v) is 10.6. The second kappa shape index (κ2) is 9.48. The molecular weight excluding hydrogens is 330 g/mol. The zero-order chi connectivity index (χ0) is 18.4. The Morgan fingerprint density at radius 3 is 2.72 bits per heavy atom. The lowest BCUT2D eigenvalue weighted by molar-refractivity contribution is -0.123. The van der Waals surface area contributed by atoms with Crippen LogP contribution in [0, 0.1) is 23.7 Å². The quantitative estimate of drug-likeness (QED) is 0.627. The molecule has 0 heterocycles. The van der Waals surface area contributed by atoms with Crippen LogP contribution >= 0.6 is 11.8 Å². The van der Waals surface area contributed by atoms with Crippen LogP contribution < -0.4 is 16.4 Å². The fourth-order valence-electron chi connectivity index (χ4n) is 3.84. The largest absolute Gasteiger partial charge is 0.382 e. The highest BCUT2D eigenvalue weighted by molar-refractivity contribution is 7.98. The van der Waals surface area contributed by atoms with Crippen molar-refractivity contribution in [1.82, 2.24) is 0 Å². The number of anilines is 2. The minimum Gasteiger partial charge on any atom is -0.382 e. The van der Waals surface area contributed by atoms with E-state index in [-0.39, 0.29) is 11.8 Å². The topological polar surface area (TPSA) is 67.2 Å². The van der Waals surface area contributed by atoms with E-state index in [0.29, 0.717) is 30.8 Å². The summed E-state index contributed by atoms with van der Waals surface area (Å²) in [6.07, 6.45) is 5.43.